The van der Waals surface area contributed by atoms with Gasteiger partial charge >= 0.3 is 0 Å². The molecule has 2 rings (SSSR count). The van der Waals surface area contributed by atoms with E-state index in [1.807, 2.05) is 25.3 Å². The Labute approximate surface area is 139 Å². The van der Waals surface area contributed by atoms with Crippen LogP contribution in [-0.4, -0.2) is 18.0 Å². The quantitative estimate of drug-likeness (QED) is 0.690. The van der Waals surface area contributed by atoms with Crippen molar-refractivity contribution >= 4 is 27.5 Å². The second kappa shape index (κ2) is 7.28. The standard InChI is InChI=1S/C17H19BrClNO/c1-11-10-20-16(12(2)17(11)21-3)8-14(9-19)13-4-6-15(18)7-5-13/h4-7,10,14H,8-9H2,1-3H3. The normalized spacial score (nSPS) is 12.2. The van der Waals surface area contributed by atoms with E-state index in [2.05, 4.69) is 40.0 Å². The number of alkyl halides is 1. The van der Waals surface area contributed by atoms with E-state index in [9.17, 15) is 0 Å². The number of ether oxygens (including phenoxy) is 1. The minimum absolute atomic E-state index is 0.248. The van der Waals surface area contributed by atoms with Gasteiger partial charge < -0.3 is 4.74 Å². The van der Waals surface area contributed by atoms with Gasteiger partial charge in [0.05, 0.1) is 7.11 Å². The van der Waals surface area contributed by atoms with Crippen LogP contribution in [0.1, 0.15) is 28.3 Å². The maximum absolute atomic E-state index is 6.18. The Bertz CT molecular complexity index is 613. The zero-order chi connectivity index (χ0) is 15.4. The van der Waals surface area contributed by atoms with Crippen LogP contribution in [-0.2, 0) is 6.42 Å². The third-order valence-corrected chi connectivity index (χ3v) is 4.62. The Morgan fingerprint density at radius 1 is 1.24 bits per heavy atom. The van der Waals surface area contributed by atoms with E-state index in [-0.39, 0.29) is 5.92 Å². The Hall–Kier alpha value is -1.06. The molecular weight excluding hydrogens is 350 g/mol. The van der Waals surface area contributed by atoms with Crippen LogP contribution in [0.4, 0.5) is 0 Å². The lowest BCUT2D eigenvalue weighted by Crippen LogP contribution is -2.09. The molecule has 0 bridgehead atoms. The van der Waals surface area contributed by atoms with Crippen molar-refractivity contribution in [3.8, 4) is 5.75 Å². The van der Waals surface area contributed by atoms with Crippen LogP contribution in [0.25, 0.3) is 0 Å². The molecule has 4 heteroatoms. The minimum atomic E-state index is 0.248. The number of benzene rings is 1. The zero-order valence-electron chi connectivity index (χ0n) is 12.5. The number of aromatic nitrogens is 1. The summed E-state index contributed by atoms with van der Waals surface area (Å²) in [5, 5.41) is 0. The summed E-state index contributed by atoms with van der Waals surface area (Å²) >= 11 is 9.64. The van der Waals surface area contributed by atoms with Crippen LogP contribution in [0, 0.1) is 13.8 Å². The third-order valence-electron chi connectivity index (χ3n) is 3.72. The number of pyridine rings is 1. The van der Waals surface area contributed by atoms with E-state index in [4.69, 9.17) is 16.3 Å². The van der Waals surface area contributed by atoms with Gasteiger partial charge in [-0.25, -0.2) is 0 Å². The monoisotopic (exact) mass is 367 g/mol. The Morgan fingerprint density at radius 2 is 1.90 bits per heavy atom. The number of aryl methyl sites for hydroxylation is 1. The first-order chi connectivity index (χ1) is 10.1. The van der Waals surface area contributed by atoms with Crippen molar-refractivity contribution in [3.63, 3.8) is 0 Å². The zero-order valence-corrected chi connectivity index (χ0v) is 14.8. The molecular formula is C17H19BrClNO. The molecule has 112 valence electrons. The van der Waals surface area contributed by atoms with E-state index in [1.54, 1.807) is 7.11 Å². The topological polar surface area (TPSA) is 22.1 Å². The van der Waals surface area contributed by atoms with Gasteiger partial charge in [-0.05, 0) is 38.0 Å². The fourth-order valence-corrected chi connectivity index (χ4v) is 3.06. The fourth-order valence-electron chi connectivity index (χ4n) is 2.51. The molecule has 1 aromatic carbocycles. The van der Waals surface area contributed by atoms with Crippen molar-refractivity contribution in [2.24, 2.45) is 0 Å². The van der Waals surface area contributed by atoms with Gasteiger partial charge in [0.25, 0.3) is 0 Å². The molecule has 1 heterocycles. The highest BCUT2D eigenvalue weighted by Gasteiger charge is 2.16. The summed E-state index contributed by atoms with van der Waals surface area (Å²) in [7, 11) is 1.70. The van der Waals surface area contributed by atoms with Gasteiger partial charge in [0.2, 0.25) is 0 Å². The van der Waals surface area contributed by atoms with E-state index >= 15 is 0 Å². The number of hydrogen-bond acceptors (Lipinski definition) is 2. The number of hydrogen-bond donors (Lipinski definition) is 0. The van der Waals surface area contributed by atoms with Crippen LogP contribution in [0.5, 0.6) is 5.75 Å². The average molecular weight is 369 g/mol. The largest absolute Gasteiger partial charge is 0.496 e. The highest BCUT2D eigenvalue weighted by molar-refractivity contribution is 9.10. The summed E-state index contributed by atoms with van der Waals surface area (Å²) in [6.07, 6.45) is 2.68. The van der Waals surface area contributed by atoms with Gasteiger partial charge in [0, 0.05) is 39.3 Å². The Morgan fingerprint density at radius 3 is 2.48 bits per heavy atom. The molecule has 0 amide bonds. The summed E-state index contributed by atoms with van der Waals surface area (Å²) < 4.78 is 6.55. The van der Waals surface area contributed by atoms with E-state index < -0.39 is 0 Å². The first-order valence-corrected chi connectivity index (χ1v) is 8.20. The fraction of sp³-hybridized carbons (Fsp3) is 0.353. The molecule has 0 radical (unpaired) electrons. The highest BCUT2D eigenvalue weighted by atomic mass is 79.9. The summed E-state index contributed by atoms with van der Waals surface area (Å²) in [5.74, 6) is 1.74. The summed E-state index contributed by atoms with van der Waals surface area (Å²) in [4.78, 5) is 4.57. The van der Waals surface area contributed by atoms with Crippen molar-refractivity contribution in [1.82, 2.24) is 4.98 Å². The number of halogens is 2. The van der Waals surface area contributed by atoms with Gasteiger partial charge in [-0.15, -0.1) is 11.6 Å². The average Bonchev–Trinajstić information content (AvgIpc) is 2.48. The highest BCUT2D eigenvalue weighted by Crippen LogP contribution is 2.29. The van der Waals surface area contributed by atoms with Crippen molar-refractivity contribution in [2.75, 3.05) is 13.0 Å². The van der Waals surface area contributed by atoms with Crippen LogP contribution in [0.2, 0.25) is 0 Å². The molecule has 2 aromatic rings. The minimum Gasteiger partial charge on any atom is -0.496 e. The van der Waals surface area contributed by atoms with Gasteiger partial charge in [0.1, 0.15) is 5.75 Å². The molecule has 0 aliphatic carbocycles. The molecule has 0 aliphatic rings. The number of rotatable bonds is 5. The van der Waals surface area contributed by atoms with Gasteiger partial charge in [-0.3, -0.25) is 4.98 Å². The van der Waals surface area contributed by atoms with Gasteiger partial charge in [-0.2, -0.15) is 0 Å². The lowest BCUT2D eigenvalue weighted by atomic mass is 9.94. The summed E-state index contributed by atoms with van der Waals surface area (Å²) in [6.45, 7) is 4.07. The molecule has 1 aromatic heterocycles. The predicted octanol–water partition coefficient (Wildman–Crippen LogP) is 5.03. The molecule has 2 nitrogen and oxygen atoms in total. The van der Waals surface area contributed by atoms with Gasteiger partial charge in [0.15, 0.2) is 0 Å². The molecule has 0 spiro atoms. The summed E-state index contributed by atoms with van der Waals surface area (Å²) in [5.41, 5.74) is 4.44. The number of methoxy groups -OCH3 is 1. The molecule has 0 N–H and O–H groups in total. The van der Waals surface area contributed by atoms with Crippen LogP contribution in [0.15, 0.2) is 34.9 Å². The Kier molecular flexibility index (Phi) is 5.65. The maximum atomic E-state index is 6.18. The lowest BCUT2D eigenvalue weighted by Gasteiger charge is -2.17. The molecule has 1 unspecified atom stereocenters. The SMILES string of the molecule is COc1c(C)cnc(CC(CCl)c2ccc(Br)cc2)c1C. The van der Waals surface area contributed by atoms with Crippen LogP contribution < -0.4 is 4.74 Å². The lowest BCUT2D eigenvalue weighted by molar-refractivity contribution is 0.406. The van der Waals surface area contributed by atoms with E-state index in [1.165, 1.54) is 5.56 Å². The van der Waals surface area contributed by atoms with E-state index in [0.717, 1.165) is 33.5 Å². The molecule has 0 fully saturated rings. The number of nitrogens with zero attached hydrogens (tertiary/aromatic N) is 1. The molecule has 0 saturated carbocycles. The second-order valence-electron chi connectivity index (χ2n) is 5.15. The summed E-state index contributed by atoms with van der Waals surface area (Å²) in [6, 6.07) is 8.31. The third kappa shape index (κ3) is 3.78. The van der Waals surface area contributed by atoms with Gasteiger partial charge in [-0.1, -0.05) is 28.1 Å². The molecule has 21 heavy (non-hydrogen) atoms. The maximum Gasteiger partial charge on any atom is 0.128 e. The first kappa shape index (κ1) is 16.3. The predicted molar refractivity (Wildman–Crippen MR) is 91.6 cm³/mol. The molecule has 0 aliphatic heterocycles. The molecule has 0 saturated heterocycles. The van der Waals surface area contributed by atoms with Crippen LogP contribution in [0.3, 0.4) is 0 Å². The van der Waals surface area contributed by atoms with E-state index in [0.29, 0.717) is 5.88 Å². The van der Waals surface area contributed by atoms with Crippen molar-refractivity contribution < 1.29 is 4.74 Å². The van der Waals surface area contributed by atoms with Crippen molar-refractivity contribution in [1.29, 1.82) is 0 Å². The van der Waals surface area contributed by atoms with Crippen molar-refractivity contribution in [2.45, 2.75) is 26.2 Å². The molecule has 1 atom stereocenters. The van der Waals surface area contributed by atoms with Crippen molar-refractivity contribution in [3.05, 3.63) is 57.3 Å². The second-order valence-corrected chi connectivity index (χ2v) is 6.38. The Balaban J connectivity index is 2.29. The first-order valence-electron chi connectivity index (χ1n) is 6.87. The smallest absolute Gasteiger partial charge is 0.128 e. The van der Waals surface area contributed by atoms with Crippen LogP contribution >= 0.6 is 27.5 Å².